The van der Waals surface area contributed by atoms with Gasteiger partial charge in [-0.15, -0.1) is 0 Å². The highest BCUT2D eigenvalue weighted by Gasteiger charge is 2.09. The molecule has 0 spiro atoms. The Hall–Kier alpha value is -3.87. The lowest BCUT2D eigenvalue weighted by Gasteiger charge is -2.12. The van der Waals surface area contributed by atoms with Crippen LogP contribution in [0.25, 0.3) is 0 Å². The number of aromatic nitrogens is 1. The molecule has 0 radical (unpaired) electrons. The van der Waals surface area contributed by atoms with Crippen LogP contribution in [0, 0.1) is 0 Å². The first-order chi connectivity index (χ1) is 13.5. The van der Waals surface area contributed by atoms with Crippen molar-refractivity contribution in [2.24, 2.45) is 0 Å². The zero-order valence-electron chi connectivity index (χ0n) is 15.5. The van der Waals surface area contributed by atoms with Crippen LogP contribution in [-0.2, 0) is 4.79 Å². The molecule has 7 nitrogen and oxygen atoms in total. The van der Waals surface area contributed by atoms with Crippen molar-refractivity contribution < 1.29 is 14.3 Å². The number of amides is 2. The predicted molar refractivity (Wildman–Crippen MR) is 109 cm³/mol. The summed E-state index contributed by atoms with van der Waals surface area (Å²) >= 11 is 0. The Balaban J connectivity index is 1.71. The SMILES string of the molecule is COc1ccccc1Nc1cncc(C(=O)Nc2ccc(NC(C)=O)cc2)c1. The van der Waals surface area contributed by atoms with Gasteiger partial charge < -0.3 is 20.7 Å². The standard InChI is InChI=1S/C21H20N4O3/c1-14(26)23-16-7-9-17(10-8-16)25-21(27)15-11-18(13-22-12-15)24-19-5-3-4-6-20(19)28-2/h3-13,24H,1-2H3,(H,23,26)(H,25,27). The maximum Gasteiger partial charge on any atom is 0.257 e. The normalized spacial score (nSPS) is 10.1. The van der Waals surface area contributed by atoms with Crippen LogP contribution < -0.4 is 20.7 Å². The van der Waals surface area contributed by atoms with Crippen molar-refractivity contribution in [3.63, 3.8) is 0 Å². The Morgan fingerprint density at radius 2 is 1.57 bits per heavy atom. The molecule has 0 saturated heterocycles. The molecule has 0 saturated carbocycles. The minimum absolute atomic E-state index is 0.151. The Labute approximate surface area is 162 Å². The maximum absolute atomic E-state index is 12.5. The lowest BCUT2D eigenvalue weighted by molar-refractivity contribution is -0.114. The quantitative estimate of drug-likeness (QED) is 0.604. The van der Waals surface area contributed by atoms with Crippen molar-refractivity contribution in [1.29, 1.82) is 0 Å². The van der Waals surface area contributed by atoms with Gasteiger partial charge in [0.1, 0.15) is 5.75 Å². The highest BCUT2D eigenvalue weighted by molar-refractivity contribution is 6.04. The van der Waals surface area contributed by atoms with Gasteiger partial charge in [-0.25, -0.2) is 0 Å². The van der Waals surface area contributed by atoms with E-state index in [1.807, 2.05) is 24.3 Å². The summed E-state index contributed by atoms with van der Waals surface area (Å²) in [7, 11) is 1.60. The monoisotopic (exact) mass is 376 g/mol. The van der Waals surface area contributed by atoms with Crippen molar-refractivity contribution in [2.75, 3.05) is 23.1 Å². The highest BCUT2D eigenvalue weighted by atomic mass is 16.5. The first kappa shape index (κ1) is 18.9. The molecule has 3 rings (SSSR count). The number of carbonyl (C=O) groups excluding carboxylic acids is 2. The van der Waals surface area contributed by atoms with E-state index >= 15 is 0 Å². The van der Waals surface area contributed by atoms with Gasteiger partial charge in [-0.2, -0.15) is 0 Å². The van der Waals surface area contributed by atoms with E-state index in [0.717, 1.165) is 5.69 Å². The van der Waals surface area contributed by atoms with E-state index in [1.165, 1.54) is 13.1 Å². The summed E-state index contributed by atoms with van der Waals surface area (Å²) in [5, 5.41) is 8.69. The molecule has 1 heterocycles. The Morgan fingerprint density at radius 1 is 0.893 bits per heavy atom. The summed E-state index contributed by atoms with van der Waals surface area (Å²) in [4.78, 5) is 27.7. The fraction of sp³-hybridized carbons (Fsp3) is 0.0952. The van der Waals surface area contributed by atoms with Crippen LogP contribution in [-0.4, -0.2) is 23.9 Å². The van der Waals surface area contributed by atoms with Crippen LogP contribution in [0.4, 0.5) is 22.7 Å². The number of rotatable bonds is 6. The molecule has 2 amide bonds. The van der Waals surface area contributed by atoms with Crippen LogP contribution in [0.3, 0.4) is 0 Å². The Kier molecular flexibility index (Phi) is 5.86. The molecule has 0 unspecified atom stereocenters. The molecule has 0 bridgehead atoms. The lowest BCUT2D eigenvalue weighted by atomic mass is 10.2. The Morgan fingerprint density at radius 3 is 2.25 bits per heavy atom. The molecule has 0 atom stereocenters. The number of nitrogens with zero attached hydrogens (tertiary/aromatic N) is 1. The summed E-state index contributed by atoms with van der Waals surface area (Å²) in [6.07, 6.45) is 3.12. The van der Waals surface area contributed by atoms with E-state index in [-0.39, 0.29) is 11.8 Å². The van der Waals surface area contributed by atoms with Gasteiger partial charge in [0.2, 0.25) is 5.91 Å². The molecule has 3 aromatic rings. The fourth-order valence-electron chi connectivity index (χ4n) is 2.58. The average molecular weight is 376 g/mol. The second-order valence-electron chi connectivity index (χ2n) is 6.00. The van der Waals surface area contributed by atoms with Crippen LogP contribution in [0.5, 0.6) is 5.75 Å². The first-order valence-electron chi connectivity index (χ1n) is 8.59. The average Bonchev–Trinajstić information content (AvgIpc) is 2.70. The summed E-state index contributed by atoms with van der Waals surface area (Å²) in [5.41, 5.74) is 3.12. The molecule has 0 aliphatic rings. The number of carbonyl (C=O) groups is 2. The number of nitrogens with one attached hydrogen (secondary N) is 3. The van der Waals surface area contributed by atoms with Crippen molar-refractivity contribution in [2.45, 2.75) is 6.92 Å². The smallest absolute Gasteiger partial charge is 0.257 e. The molecular formula is C21H20N4O3. The highest BCUT2D eigenvalue weighted by Crippen LogP contribution is 2.27. The number of para-hydroxylation sites is 2. The van der Waals surface area contributed by atoms with E-state index in [9.17, 15) is 9.59 Å². The third-order valence-corrected chi connectivity index (χ3v) is 3.85. The maximum atomic E-state index is 12.5. The Bertz CT molecular complexity index is 987. The van der Waals surface area contributed by atoms with Gasteiger partial charge >= 0.3 is 0 Å². The van der Waals surface area contributed by atoms with Gasteiger partial charge in [0.05, 0.1) is 30.2 Å². The van der Waals surface area contributed by atoms with Crippen LogP contribution >= 0.6 is 0 Å². The molecule has 0 aliphatic carbocycles. The zero-order chi connectivity index (χ0) is 19.9. The third kappa shape index (κ3) is 4.85. The minimum Gasteiger partial charge on any atom is -0.495 e. The molecule has 142 valence electrons. The molecule has 0 fully saturated rings. The number of pyridine rings is 1. The van der Waals surface area contributed by atoms with Gasteiger partial charge in [-0.05, 0) is 42.5 Å². The number of anilines is 4. The molecule has 0 aliphatic heterocycles. The number of benzene rings is 2. The first-order valence-corrected chi connectivity index (χ1v) is 8.59. The second kappa shape index (κ2) is 8.68. The van der Waals surface area contributed by atoms with Gasteiger partial charge in [0.25, 0.3) is 5.91 Å². The zero-order valence-corrected chi connectivity index (χ0v) is 15.5. The van der Waals surface area contributed by atoms with Gasteiger partial charge in [0.15, 0.2) is 0 Å². The number of methoxy groups -OCH3 is 1. The summed E-state index contributed by atoms with van der Waals surface area (Å²) in [6, 6.07) is 16.1. The summed E-state index contributed by atoms with van der Waals surface area (Å²) in [5.74, 6) is 0.252. The number of ether oxygens (including phenoxy) is 1. The van der Waals surface area contributed by atoms with E-state index in [1.54, 1.807) is 43.6 Å². The number of hydrogen-bond donors (Lipinski definition) is 3. The fourth-order valence-corrected chi connectivity index (χ4v) is 2.58. The molecular weight excluding hydrogens is 356 g/mol. The molecule has 28 heavy (non-hydrogen) atoms. The van der Waals surface area contributed by atoms with Gasteiger partial charge in [-0.1, -0.05) is 12.1 Å². The van der Waals surface area contributed by atoms with E-state index in [2.05, 4.69) is 20.9 Å². The van der Waals surface area contributed by atoms with E-state index in [4.69, 9.17) is 4.74 Å². The minimum atomic E-state index is -0.288. The largest absolute Gasteiger partial charge is 0.495 e. The van der Waals surface area contributed by atoms with Crippen LogP contribution in [0.1, 0.15) is 17.3 Å². The van der Waals surface area contributed by atoms with E-state index < -0.39 is 0 Å². The van der Waals surface area contributed by atoms with Gasteiger partial charge in [0, 0.05) is 24.5 Å². The summed E-state index contributed by atoms with van der Waals surface area (Å²) in [6.45, 7) is 1.44. The van der Waals surface area contributed by atoms with Gasteiger partial charge in [-0.3, -0.25) is 14.6 Å². The number of hydrogen-bond acceptors (Lipinski definition) is 5. The van der Waals surface area contributed by atoms with Crippen molar-refractivity contribution in [1.82, 2.24) is 4.98 Å². The predicted octanol–water partition coefficient (Wildman–Crippen LogP) is 4.04. The lowest BCUT2D eigenvalue weighted by Crippen LogP contribution is -2.12. The van der Waals surface area contributed by atoms with Crippen LogP contribution in [0.15, 0.2) is 67.0 Å². The third-order valence-electron chi connectivity index (χ3n) is 3.85. The molecule has 7 heteroatoms. The van der Waals surface area contributed by atoms with E-state index in [0.29, 0.717) is 28.4 Å². The van der Waals surface area contributed by atoms with Crippen LogP contribution in [0.2, 0.25) is 0 Å². The molecule has 2 aromatic carbocycles. The summed E-state index contributed by atoms with van der Waals surface area (Å²) < 4.78 is 5.32. The molecule has 1 aromatic heterocycles. The van der Waals surface area contributed by atoms with Crippen molar-refractivity contribution in [3.8, 4) is 5.75 Å². The topological polar surface area (TPSA) is 92.3 Å². The molecule has 3 N–H and O–H groups in total. The second-order valence-corrected chi connectivity index (χ2v) is 6.00. The van der Waals surface area contributed by atoms with Crippen molar-refractivity contribution in [3.05, 3.63) is 72.6 Å². The van der Waals surface area contributed by atoms with Crippen molar-refractivity contribution >= 4 is 34.6 Å².